The van der Waals surface area contributed by atoms with Crippen LogP contribution in [0.15, 0.2) is 17.1 Å². The smallest absolute Gasteiger partial charge is 0.257 e. The van der Waals surface area contributed by atoms with Crippen LogP contribution in [-0.4, -0.2) is 16.4 Å². The van der Waals surface area contributed by atoms with E-state index in [1.54, 1.807) is 6.92 Å². The summed E-state index contributed by atoms with van der Waals surface area (Å²) in [6.45, 7) is 7.61. The highest BCUT2D eigenvalue weighted by Gasteiger charge is 2.20. The van der Waals surface area contributed by atoms with E-state index >= 15 is 0 Å². The van der Waals surface area contributed by atoms with Gasteiger partial charge in [0.25, 0.3) is 5.91 Å². The van der Waals surface area contributed by atoms with Gasteiger partial charge in [0.1, 0.15) is 5.56 Å². The Bertz CT molecular complexity index is 447. The minimum absolute atomic E-state index is 0.159. The first-order valence-electron chi connectivity index (χ1n) is 5.37. The van der Waals surface area contributed by atoms with Crippen molar-refractivity contribution in [2.75, 3.05) is 0 Å². The number of hydrogen-bond acceptors (Lipinski definition) is 2. The molecular weight excluding hydrogens is 204 g/mol. The highest BCUT2D eigenvalue weighted by molar-refractivity contribution is 5.94. The lowest BCUT2D eigenvalue weighted by Crippen LogP contribution is -2.44. The van der Waals surface area contributed by atoms with Crippen molar-refractivity contribution in [1.82, 2.24) is 10.3 Å². The number of pyridine rings is 1. The molecule has 1 aromatic rings. The molecule has 0 aliphatic carbocycles. The molecule has 4 heteroatoms. The standard InChI is InChI=1S/C12H18N2O2/c1-5-12(3,4)14-11(16)9-7-13-8(2)6-10(9)15/h6-7H,5H2,1-4H3,(H,13,15)(H,14,16). The van der Waals surface area contributed by atoms with Gasteiger partial charge in [-0.2, -0.15) is 0 Å². The summed E-state index contributed by atoms with van der Waals surface area (Å²) in [5.41, 5.74) is 0.359. The monoisotopic (exact) mass is 222 g/mol. The van der Waals surface area contributed by atoms with Crippen LogP contribution < -0.4 is 10.7 Å². The first-order chi connectivity index (χ1) is 7.35. The van der Waals surface area contributed by atoms with Crippen LogP contribution in [0, 0.1) is 6.92 Å². The minimum atomic E-state index is -0.326. The first kappa shape index (κ1) is 12.5. The maximum absolute atomic E-state index is 11.8. The summed E-state index contributed by atoms with van der Waals surface area (Å²) in [5.74, 6) is -0.326. The second-order valence-corrected chi connectivity index (χ2v) is 4.59. The van der Waals surface area contributed by atoms with Crippen molar-refractivity contribution < 1.29 is 4.79 Å². The summed E-state index contributed by atoms with van der Waals surface area (Å²) in [4.78, 5) is 26.3. The third-order valence-corrected chi connectivity index (χ3v) is 2.64. The van der Waals surface area contributed by atoms with Gasteiger partial charge >= 0.3 is 0 Å². The third-order valence-electron chi connectivity index (χ3n) is 2.64. The van der Waals surface area contributed by atoms with Gasteiger partial charge in [0, 0.05) is 23.5 Å². The van der Waals surface area contributed by atoms with Gasteiger partial charge < -0.3 is 10.3 Å². The van der Waals surface area contributed by atoms with Crippen LogP contribution in [0.3, 0.4) is 0 Å². The van der Waals surface area contributed by atoms with E-state index in [0.717, 1.165) is 12.1 Å². The fraction of sp³-hybridized carbons (Fsp3) is 0.500. The molecule has 0 unspecified atom stereocenters. The zero-order valence-corrected chi connectivity index (χ0v) is 10.2. The van der Waals surface area contributed by atoms with E-state index in [0.29, 0.717) is 0 Å². The van der Waals surface area contributed by atoms with E-state index < -0.39 is 0 Å². The highest BCUT2D eigenvalue weighted by Crippen LogP contribution is 2.07. The fourth-order valence-corrected chi connectivity index (χ4v) is 1.21. The van der Waals surface area contributed by atoms with Gasteiger partial charge in [0.05, 0.1) is 0 Å². The normalized spacial score (nSPS) is 11.2. The Morgan fingerprint density at radius 3 is 2.62 bits per heavy atom. The van der Waals surface area contributed by atoms with Crippen molar-refractivity contribution >= 4 is 5.91 Å². The van der Waals surface area contributed by atoms with E-state index in [-0.39, 0.29) is 22.4 Å². The van der Waals surface area contributed by atoms with E-state index in [1.165, 1.54) is 12.3 Å². The molecular formula is C12H18N2O2. The summed E-state index contributed by atoms with van der Waals surface area (Å²) >= 11 is 0. The number of aryl methyl sites for hydroxylation is 1. The van der Waals surface area contributed by atoms with E-state index in [2.05, 4.69) is 10.3 Å². The molecule has 2 N–H and O–H groups in total. The van der Waals surface area contributed by atoms with Crippen LogP contribution >= 0.6 is 0 Å². The number of hydrogen-bond donors (Lipinski definition) is 2. The van der Waals surface area contributed by atoms with Crippen LogP contribution in [-0.2, 0) is 0 Å². The molecule has 0 saturated heterocycles. The zero-order valence-electron chi connectivity index (χ0n) is 10.2. The number of amides is 1. The Labute approximate surface area is 95.1 Å². The molecule has 0 aliphatic heterocycles. The molecule has 0 radical (unpaired) electrons. The Morgan fingerprint density at radius 2 is 2.12 bits per heavy atom. The lowest BCUT2D eigenvalue weighted by Gasteiger charge is -2.24. The first-order valence-corrected chi connectivity index (χ1v) is 5.37. The maximum atomic E-state index is 11.8. The molecule has 4 nitrogen and oxygen atoms in total. The molecule has 0 saturated carbocycles. The summed E-state index contributed by atoms with van der Waals surface area (Å²) in [6.07, 6.45) is 2.27. The van der Waals surface area contributed by atoms with E-state index in [1.807, 2.05) is 20.8 Å². The van der Waals surface area contributed by atoms with E-state index in [4.69, 9.17) is 0 Å². The number of H-pyrrole nitrogens is 1. The Balaban J connectivity index is 2.94. The van der Waals surface area contributed by atoms with E-state index in [9.17, 15) is 9.59 Å². The van der Waals surface area contributed by atoms with Crippen molar-refractivity contribution in [1.29, 1.82) is 0 Å². The van der Waals surface area contributed by atoms with Crippen LogP contribution in [0.2, 0.25) is 0 Å². The van der Waals surface area contributed by atoms with Crippen LogP contribution in [0.1, 0.15) is 43.2 Å². The van der Waals surface area contributed by atoms with Gasteiger partial charge in [0.15, 0.2) is 5.43 Å². The summed E-state index contributed by atoms with van der Waals surface area (Å²) in [6, 6.07) is 1.42. The average Bonchev–Trinajstić information content (AvgIpc) is 2.16. The SMILES string of the molecule is CCC(C)(C)NC(=O)c1c[nH]c(C)cc1=O. The number of aromatic amines is 1. The largest absolute Gasteiger partial charge is 0.364 e. The van der Waals surface area contributed by atoms with Gasteiger partial charge in [-0.1, -0.05) is 6.92 Å². The summed E-state index contributed by atoms with van der Waals surface area (Å²) in [7, 11) is 0. The van der Waals surface area contributed by atoms with Crippen molar-refractivity contribution in [3.8, 4) is 0 Å². The van der Waals surface area contributed by atoms with Crippen LogP contribution in [0.25, 0.3) is 0 Å². The van der Waals surface area contributed by atoms with Gasteiger partial charge in [-0.3, -0.25) is 9.59 Å². The topological polar surface area (TPSA) is 62.0 Å². The van der Waals surface area contributed by atoms with Crippen molar-refractivity contribution in [3.05, 3.63) is 33.7 Å². The molecule has 88 valence electrons. The molecule has 0 atom stereocenters. The van der Waals surface area contributed by atoms with Crippen molar-refractivity contribution in [2.45, 2.75) is 39.7 Å². The van der Waals surface area contributed by atoms with Crippen LogP contribution in [0.5, 0.6) is 0 Å². The molecule has 0 bridgehead atoms. The highest BCUT2D eigenvalue weighted by atomic mass is 16.2. The molecule has 1 rings (SSSR count). The van der Waals surface area contributed by atoms with Crippen molar-refractivity contribution in [3.63, 3.8) is 0 Å². The van der Waals surface area contributed by atoms with Gasteiger partial charge in [0.2, 0.25) is 0 Å². The number of rotatable bonds is 3. The summed E-state index contributed by atoms with van der Waals surface area (Å²) in [5, 5.41) is 2.82. The molecule has 0 aliphatic rings. The molecule has 1 aromatic heterocycles. The van der Waals surface area contributed by atoms with Gasteiger partial charge in [-0.05, 0) is 27.2 Å². The fourth-order valence-electron chi connectivity index (χ4n) is 1.21. The number of nitrogens with one attached hydrogen (secondary N) is 2. The molecule has 0 aromatic carbocycles. The summed E-state index contributed by atoms with van der Waals surface area (Å²) < 4.78 is 0. The second-order valence-electron chi connectivity index (χ2n) is 4.59. The quantitative estimate of drug-likeness (QED) is 0.816. The maximum Gasteiger partial charge on any atom is 0.257 e. The minimum Gasteiger partial charge on any atom is -0.364 e. The predicted molar refractivity (Wildman–Crippen MR) is 63.6 cm³/mol. The number of carbonyl (C=O) groups is 1. The van der Waals surface area contributed by atoms with Crippen molar-refractivity contribution in [2.24, 2.45) is 0 Å². The molecule has 1 amide bonds. The Morgan fingerprint density at radius 1 is 1.50 bits per heavy atom. The lowest BCUT2D eigenvalue weighted by atomic mass is 10.0. The third kappa shape index (κ3) is 2.95. The lowest BCUT2D eigenvalue weighted by molar-refractivity contribution is 0.0910. The van der Waals surface area contributed by atoms with Gasteiger partial charge in [-0.25, -0.2) is 0 Å². The Hall–Kier alpha value is -1.58. The molecule has 16 heavy (non-hydrogen) atoms. The molecule has 0 spiro atoms. The average molecular weight is 222 g/mol. The van der Waals surface area contributed by atoms with Crippen LogP contribution in [0.4, 0.5) is 0 Å². The second kappa shape index (κ2) is 4.51. The molecule has 1 heterocycles. The molecule has 0 fully saturated rings. The predicted octanol–water partition coefficient (Wildman–Crippen LogP) is 1.60. The number of carbonyl (C=O) groups excluding carboxylic acids is 1. The van der Waals surface area contributed by atoms with Gasteiger partial charge in [-0.15, -0.1) is 0 Å². The Kier molecular flexibility index (Phi) is 3.52. The number of aromatic nitrogens is 1. The zero-order chi connectivity index (χ0) is 12.3.